The molecule has 0 aliphatic heterocycles. The molecule has 9 heteroatoms. The maximum Gasteiger partial charge on any atom is 0.534 e. The number of carbonyl (C=O) groups is 1. The van der Waals surface area contributed by atoms with Gasteiger partial charge in [-0.25, -0.2) is 0 Å². The predicted molar refractivity (Wildman–Crippen MR) is 73.9 cm³/mol. The molecule has 0 aromatic heterocycles. The van der Waals surface area contributed by atoms with Gasteiger partial charge in [0.25, 0.3) is 0 Å². The first-order valence-electron chi connectivity index (χ1n) is 5.91. The Morgan fingerprint density at radius 3 is 2.45 bits per heavy atom. The van der Waals surface area contributed by atoms with Crippen LogP contribution in [0.2, 0.25) is 0 Å². The molecule has 0 atom stereocenters. The van der Waals surface area contributed by atoms with Crippen LogP contribution in [0, 0.1) is 0 Å². The summed E-state index contributed by atoms with van der Waals surface area (Å²) in [5, 5.41) is 3.52. The Labute approximate surface area is 123 Å². The van der Waals surface area contributed by atoms with E-state index < -0.39 is 21.4 Å². The van der Waals surface area contributed by atoms with Crippen LogP contribution >= 0.6 is 0 Å². The van der Waals surface area contributed by atoms with E-state index >= 15 is 0 Å². The summed E-state index contributed by atoms with van der Waals surface area (Å²) < 4.78 is 62.8. The summed E-state index contributed by atoms with van der Waals surface area (Å²) in [7, 11) is -5.72. The van der Waals surface area contributed by atoms with Crippen molar-refractivity contribution in [3.05, 3.63) is 36.4 Å². The highest BCUT2D eigenvalue weighted by atomic mass is 32.2. The summed E-state index contributed by atoms with van der Waals surface area (Å²) in [6.07, 6.45) is 0. The largest absolute Gasteiger partial charge is 0.534 e. The van der Waals surface area contributed by atoms with Gasteiger partial charge < -0.3 is 9.50 Å². The number of carbonyl (C=O) groups excluding carboxylic acids is 1. The van der Waals surface area contributed by atoms with E-state index in [1.54, 1.807) is 18.2 Å². The summed E-state index contributed by atoms with van der Waals surface area (Å²) in [6, 6.07) is 8.31. The van der Waals surface area contributed by atoms with Crippen LogP contribution in [0.5, 0.6) is 5.75 Å². The minimum atomic E-state index is -5.72. The van der Waals surface area contributed by atoms with E-state index in [1.165, 1.54) is 13.0 Å². The predicted octanol–water partition coefficient (Wildman–Crippen LogP) is 3.03. The van der Waals surface area contributed by atoms with Crippen molar-refractivity contribution >= 4 is 32.5 Å². The standard InChI is InChI=1S/C13H10F3NO4S/c1-8(18)17-12-4-2-3-9-7-10(5-6-11(9)12)21-22(19,20)13(14,15)16/h2-7H,1H3,(H,17,18). The third kappa shape index (κ3) is 3.30. The zero-order chi connectivity index (χ0) is 16.5. The molecule has 1 N–H and O–H groups in total. The van der Waals surface area contributed by atoms with E-state index in [9.17, 15) is 26.4 Å². The van der Waals surface area contributed by atoms with Crippen molar-refractivity contribution in [2.45, 2.75) is 12.4 Å². The third-order valence-corrected chi connectivity index (χ3v) is 3.63. The fraction of sp³-hybridized carbons (Fsp3) is 0.154. The molecule has 0 bridgehead atoms. The Kier molecular flexibility index (Phi) is 4.01. The number of fused-ring (bicyclic) bond motifs is 1. The van der Waals surface area contributed by atoms with E-state index in [1.807, 2.05) is 0 Å². The van der Waals surface area contributed by atoms with Crippen LogP contribution in [-0.4, -0.2) is 19.8 Å². The topological polar surface area (TPSA) is 72.5 Å². The van der Waals surface area contributed by atoms with Crippen molar-refractivity contribution in [1.82, 2.24) is 0 Å². The van der Waals surface area contributed by atoms with E-state index in [0.29, 0.717) is 16.5 Å². The fourth-order valence-electron chi connectivity index (χ4n) is 1.79. The second kappa shape index (κ2) is 5.48. The lowest BCUT2D eigenvalue weighted by Gasteiger charge is -2.11. The smallest absolute Gasteiger partial charge is 0.376 e. The zero-order valence-corrected chi connectivity index (χ0v) is 12.0. The average molecular weight is 333 g/mol. The molecule has 22 heavy (non-hydrogen) atoms. The van der Waals surface area contributed by atoms with Crippen molar-refractivity contribution in [3.63, 3.8) is 0 Å². The Hall–Kier alpha value is -2.29. The number of benzene rings is 2. The number of halogens is 3. The number of hydrogen-bond donors (Lipinski definition) is 1. The fourth-order valence-corrected chi connectivity index (χ4v) is 2.24. The van der Waals surface area contributed by atoms with Crippen molar-refractivity contribution in [2.75, 3.05) is 5.32 Å². The van der Waals surface area contributed by atoms with Gasteiger partial charge in [-0.2, -0.15) is 21.6 Å². The summed E-state index contributed by atoms with van der Waals surface area (Å²) in [6.45, 7) is 1.31. The highest BCUT2D eigenvalue weighted by molar-refractivity contribution is 7.88. The Bertz CT molecular complexity index is 831. The SMILES string of the molecule is CC(=O)Nc1cccc2cc(OS(=O)(=O)C(F)(F)F)ccc12. The van der Waals surface area contributed by atoms with Gasteiger partial charge in [0.2, 0.25) is 5.91 Å². The van der Waals surface area contributed by atoms with Crippen LogP contribution in [0.1, 0.15) is 6.92 Å². The lowest BCUT2D eigenvalue weighted by atomic mass is 10.1. The summed E-state index contributed by atoms with van der Waals surface area (Å²) in [5.74, 6) is -0.780. The van der Waals surface area contributed by atoms with E-state index in [4.69, 9.17) is 0 Å². The molecule has 0 spiro atoms. The maximum atomic E-state index is 12.3. The Morgan fingerprint density at radius 2 is 1.86 bits per heavy atom. The van der Waals surface area contributed by atoms with E-state index in [2.05, 4.69) is 9.50 Å². The molecule has 0 heterocycles. The summed E-state index contributed by atoms with van der Waals surface area (Å²) >= 11 is 0. The Balaban J connectivity index is 2.42. The van der Waals surface area contributed by atoms with Gasteiger partial charge in [0.1, 0.15) is 5.75 Å². The maximum absolute atomic E-state index is 12.3. The molecule has 0 radical (unpaired) electrons. The minimum Gasteiger partial charge on any atom is -0.376 e. The average Bonchev–Trinajstić information content (AvgIpc) is 2.36. The molecule has 118 valence electrons. The molecule has 0 aliphatic rings. The molecule has 0 saturated heterocycles. The minimum absolute atomic E-state index is 0.313. The van der Waals surface area contributed by atoms with Gasteiger partial charge in [-0.15, -0.1) is 0 Å². The van der Waals surface area contributed by atoms with Gasteiger partial charge in [-0.3, -0.25) is 4.79 Å². The van der Waals surface area contributed by atoms with Gasteiger partial charge in [0.15, 0.2) is 0 Å². The monoisotopic (exact) mass is 333 g/mol. The molecule has 2 rings (SSSR count). The summed E-state index contributed by atoms with van der Waals surface area (Å²) in [4.78, 5) is 11.1. The van der Waals surface area contributed by atoms with Crippen molar-refractivity contribution in [3.8, 4) is 5.75 Å². The first-order valence-corrected chi connectivity index (χ1v) is 7.32. The van der Waals surface area contributed by atoms with Crippen LogP contribution < -0.4 is 9.50 Å². The normalized spacial score (nSPS) is 12.2. The molecule has 0 saturated carbocycles. The number of amides is 1. The second-order valence-electron chi connectivity index (χ2n) is 4.35. The number of rotatable bonds is 3. The van der Waals surface area contributed by atoms with Gasteiger partial charge in [-0.1, -0.05) is 12.1 Å². The van der Waals surface area contributed by atoms with Crippen molar-refractivity contribution in [1.29, 1.82) is 0 Å². The van der Waals surface area contributed by atoms with Gasteiger partial charge in [0, 0.05) is 18.0 Å². The van der Waals surface area contributed by atoms with Crippen LogP contribution in [0.25, 0.3) is 10.8 Å². The molecule has 2 aromatic rings. The van der Waals surface area contributed by atoms with E-state index in [-0.39, 0.29) is 5.91 Å². The van der Waals surface area contributed by atoms with Crippen LogP contribution in [0.3, 0.4) is 0 Å². The number of nitrogens with one attached hydrogen (secondary N) is 1. The molecule has 5 nitrogen and oxygen atoms in total. The van der Waals surface area contributed by atoms with Gasteiger partial charge in [-0.05, 0) is 29.7 Å². The molecule has 0 unspecified atom stereocenters. The van der Waals surface area contributed by atoms with Gasteiger partial charge in [0.05, 0.1) is 0 Å². The molecule has 1 amide bonds. The zero-order valence-electron chi connectivity index (χ0n) is 11.1. The highest BCUT2D eigenvalue weighted by Crippen LogP contribution is 2.31. The van der Waals surface area contributed by atoms with E-state index in [0.717, 1.165) is 12.1 Å². The number of alkyl halides is 3. The molecule has 0 fully saturated rings. The lowest BCUT2D eigenvalue weighted by molar-refractivity contribution is -0.114. The van der Waals surface area contributed by atoms with Crippen LogP contribution in [0.15, 0.2) is 36.4 Å². The first kappa shape index (κ1) is 16.1. The van der Waals surface area contributed by atoms with Crippen LogP contribution in [-0.2, 0) is 14.9 Å². The first-order chi connectivity index (χ1) is 10.1. The van der Waals surface area contributed by atoms with Crippen molar-refractivity contribution < 1.29 is 30.6 Å². The lowest BCUT2D eigenvalue weighted by Crippen LogP contribution is -2.28. The number of hydrogen-bond acceptors (Lipinski definition) is 4. The highest BCUT2D eigenvalue weighted by Gasteiger charge is 2.48. The molecule has 2 aromatic carbocycles. The number of anilines is 1. The third-order valence-electron chi connectivity index (χ3n) is 2.65. The van der Waals surface area contributed by atoms with Crippen LogP contribution in [0.4, 0.5) is 18.9 Å². The molecular formula is C13H10F3NO4S. The van der Waals surface area contributed by atoms with Crippen molar-refractivity contribution in [2.24, 2.45) is 0 Å². The quantitative estimate of drug-likeness (QED) is 0.692. The van der Waals surface area contributed by atoms with Gasteiger partial charge >= 0.3 is 15.6 Å². The molecule has 0 aliphatic carbocycles. The molecular weight excluding hydrogens is 323 g/mol. The summed E-state index contributed by atoms with van der Waals surface area (Å²) in [5.41, 5.74) is -5.05. The second-order valence-corrected chi connectivity index (χ2v) is 5.89. The Morgan fingerprint density at radius 1 is 1.18 bits per heavy atom.